The number of halogens is 1. The standard InChI is InChI=1S/C19H25FN4O2/c1-7-24-15(11-16(22-24)19(2,3)4)17(25)21-12-8-9-14(20)13(10-12)18(26)23(5)6/h8-11H,7H2,1-6H3,(H,21,25). The van der Waals surface area contributed by atoms with Crippen LogP contribution in [0.4, 0.5) is 10.1 Å². The van der Waals surface area contributed by atoms with E-state index in [-0.39, 0.29) is 16.9 Å². The maximum absolute atomic E-state index is 13.9. The van der Waals surface area contributed by atoms with Gasteiger partial charge in [-0.2, -0.15) is 5.10 Å². The molecule has 7 heteroatoms. The fraction of sp³-hybridized carbons (Fsp3) is 0.421. The Hall–Kier alpha value is -2.70. The Morgan fingerprint density at radius 1 is 1.23 bits per heavy atom. The van der Waals surface area contributed by atoms with E-state index in [2.05, 4.69) is 10.4 Å². The molecule has 6 nitrogen and oxygen atoms in total. The number of benzene rings is 1. The van der Waals surface area contributed by atoms with E-state index in [1.54, 1.807) is 24.8 Å². The zero-order chi connectivity index (χ0) is 19.6. The summed E-state index contributed by atoms with van der Waals surface area (Å²) < 4.78 is 15.5. The Balaban J connectivity index is 2.32. The van der Waals surface area contributed by atoms with Crippen molar-refractivity contribution in [2.45, 2.75) is 39.7 Å². The van der Waals surface area contributed by atoms with Gasteiger partial charge in [0, 0.05) is 31.7 Å². The van der Waals surface area contributed by atoms with Crippen LogP contribution in [0.15, 0.2) is 24.3 Å². The Bertz CT molecular complexity index is 835. The highest BCUT2D eigenvalue weighted by Gasteiger charge is 2.23. The summed E-state index contributed by atoms with van der Waals surface area (Å²) in [6.45, 7) is 8.52. The zero-order valence-electron chi connectivity index (χ0n) is 16.1. The largest absolute Gasteiger partial charge is 0.345 e. The molecule has 2 amide bonds. The molecule has 0 aliphatic heterocycles. The molecule has 2 rings (SSSR count). The topological polar surface area (TPSA) is 67.2 Å². The van der Waals surface area contributed by atoms with Gasteiger partial charge in [-0.25, -0.2) is 4.39 Å². The molecule has 140 valence electrons. The Morgan fingerprint density at radius 2 is 1.88 bits per heavy atom. The molecule has 1 heterocycles. The third-order valence-electron chi connectivity index (χ3n) is 3.94. The van der Waals surface area contributed by atoms with Gasteiger partial charge in [-0.05, 0) is 31.2 Å². The first kappa shape index (κ1) is 19.6. The molecule has 0 saturated carbocycles. The summed E-state index contributed by atoms with van der Waals surface area (Å²) in [7, 11) is 3.09. The maximum atomic E-state index is 13.9. The number of nitrogens with zero attached hydrogens (tertiary/aromatic N) is 3. The van der Waals surface area contributed by atoms with Crippen LogP contribution < -0.4 is 5.32 Å². The Labute approximate surface area is 153 Å². The first-order valence-corrected chi connectivity index (χ1v) is 8.45. The molecule has 0 unspecified atom stereocenters. The third kappa shape index (κ3) is 4.09. The molecule has 0 radical (unpaired) electrons. The summed E-state index contributed by atoms with van der Waals surface area (Å²) in [4.78, 5) is 26.0. The minimum Gasteiger partial charge on any atom is -0.345 e. The smallest absolute Gasteiger partial charge is 0.273 e. The SMILES string of the molecule is CCn1nc(C(C)(C)C)cc1C(=O)Nc1ccc(F)c(C(=O)N(C)C)c1. The highest BCUT2D eigenvalue weighted by atomic mass is 19.1. The van der Waals surface area contributed by atoms with Gasteiger partial charge in [-0.1, -0.05) is 20.8 Å². The summed E-state index contributed by atoms with van der Waals surface area (Å²) in [5.41, 5.74) is 1.31. The summed E-state index contributed by atoms with van der Waals surface area (Å²) >= 11 is 0. The molecular weight excluding hydrogens is 335 g/mol. The van der Waals surface area contributed by atoms with E-state index < -0.39 is 11.7 Å². The van der Waals surface area contributed by atoms with Gasteiger partial charge in [0.15, 0.2) is 0 Å². The van der Waals surface area contributed by atoms with Gasteiger partial charge in [-0.3, -0.25) is 14.3 Å². The van der Waals surface area contributed by atoms with Crippen LogP contribution in [0.3, 0.4) is 0 Å². The molecule has 0 aliphatic rings. The number of hydrogen-bond donors (Lipinski definition) is 1. The molecule has 0 spiro atoms. The van der Waals surface area contributed by atoms with Crippen LogP contribution >= 0.6 is 0 Å². The lowest BCUT2D eigenvalue weighted by atomic mass is 9.92. The van der Waals surface area contributed by atoms with Crippen molar-refractivity contribution in [2.75, 3.05) is 19.4 Å². The van der Waals surface area contributed by atoms with Gasteiger partial charge in [0.25, 0.3) is 11.8 Å². The summed E-state index contributed by atoms with van der Waals surface area (Å²) in [6, 6.07) is 5.70. The molecule has 0 atom stereocenters. The van der Waals surface area contributed by atoms with Crippen molar-refractivity contribution in [3.05, 3.63) is 47.0 Å². The molecule has 2 aromatic rings. The van der Waals surface area contributed by atoms with E-state index in [1.807, 2.05) is 27.7 Å². The van der Waals surface area contributed by atoms with E-state index in [4.69, 9.17) is 0 Å². The second kappa shape index (κ2) is 7.27. The van der Waals surface area contributed by atoms with Crippen molar-refractivity contribution in [1.82, 2.24) is 14.7 Å². The summed E-state index contributed by atoms with van der Waals surface area (Å²) in [5, 5.41) is 7.20. The van der Waals surface area contributed by atoms with Gasteiger partial charge < -0.3 is 10.2 Å². The molecule has 0 aliphatic carbocycles. The van der Waals surface area contributed by atoms with Crippen LogP contribution in [-0.2, 0) is 12.0 Å². The van der Waals surface area contributed by atoms with Gasteiger partial charge in [0.1, 0.15) is 11.5 Å². The number of hydrogen-bond acceptors (Lipinski definition) is 3. The van der Waals surface area contributed by atoms with Crippen LogP contribution in [0.2, 0.25) is 0 Å². The molecule has 0 fully saturated rings. The number of carbonyl (C=O) groups excluding carboxylic acids is 2. The fourth-order valence-corrected chi connectivity index (χ4v) is 2.41. The van der Waals surface area contributed by atoms with Crippen LogP contribution in [0.1, 0.15) is 54.2 Å². The first-order chi connectivity index (χ1) is 12.0. The van der Waals surface area contributed by atoms with Crippen LogP contribution in [0, 0.1) is 5.82 Å². The zero-order valence-corrected chi connectivity index (χ0v) is 16.1. The number of carbonyl (C=O) groups is 2. The van der Waals surface area contributed by atoms with Crippen molar-refractivity contribution < 1.29 is 14.0 Å². The minimum absolute atomic E-state index is 0.0906. The van der Waals surface area contributed by atoms with Gasteiger partial charge in [0.2, 0.25) is 0 Å². The normalized spacial score (nSPS) is 11.3. The Morgan fingerprint density at radius 3 is 2.42 bits per heavy atom. The molecule has 1 aromatic carbocycles. The third-order valence-corrected chi connectivity index (χ3v) is 3.94. The molecule has 0 saturated heterocycles. The lowest BCUT2D eigenvalue weighted by Crippen LogP contribution is -2.23. The lowest BCUT2D eigenvalue weighted by Gasteiger charge is -2.13. The second-order valence-corrected chi connectivity index (χ2v) is 7.33. The van der Waals surface area contributed by atoms with Gasteiger partial charge in [-0.15, -0.1) is 0 Å². The van der Waals surface area contributed by atoms with E-state index in [9.17, 15) is 14.0 Å². The molecule has 26 heavy (non-hydrogen) atoms. The van der Waals surface area contributed by atoms with Crippen LogP contribution in [-0.4, -0.2) is 40.6 Å². The predicted molar refractivity (Wildman–Crippen MR) is 99.0 cm³/mol. The molecular formula is C19H25FN4O2. The highest BCUT2D eigenvalue weighted by molar-refractivity contribution is 6.04. The molecule has 0 bridgehead atoms. The highest BCUT2D eigenvalue weighted by Crippen LogP contribution is 2.23. The minimum atomic E-state index is -0.629. The number of aryl methyl sites for hydroxylation is 1. The number of rotatable bonds is 4. The number of amides is 2. The molecule has 1 N–H and O–H groups in total. The van der Waals surface area contributed by atoms with E-state index >= 15 is 0 Å². The van der Waals surface area contributed by atoms with Crippen LogP contribution in [0.5, 0.6) is 0 Å². The van der Waals surface area contributed by atoms with E-state index in [0.717, 1.165) is 5.69 Å². The summed E-state index contributed by atoms with van der Waals surface area (Å²) in [5.74, 6) is -1.45. The maximum Gasteiger partial charge on any atom is 0.273 e. The Kier molecular flexibility index (Phi) is 5.49. The number of anilines is 1. The van der Waals surface area contributed by atoms with Crippen molar-refractivity contribution in [2.24, 2.45) is 0 Å². The summed E-state index contributed by atoms with van der Waals surface area (Å²) in [6.07, 6.45) is 0. The van der Waals surface area contributed by atoms with Crippen molar-refractivity contribution in [3.8, 4) is 0 Å². The molecule has 1 aromatic heterocycles. The van der Waals surface area contributed by atoms with Crippen molar-refractivity contribution >= 4 is 17.5 Å². The monoisotopic (exact) mass is 360 g/mol. The number of nitrogens with one attached hydrogen (secondary N) is 1. The van der Waals surface area contributed by atoms with Crippen LogP contribution in [0.25, 0.3) is 0 Å². The van der Waals surface area contributed by atoms with Crippen molar-refractivity contribution in [1.29, 1.82) is 0 Å². The van der Waals surface area contributed by atoms with Gasteiger partial charge >= 0.3 is 0 Å². The lowest BCUT2D eigenvalue weighted by molar-refractivity contribution is 0.0822. The quantitative estimate of drug-likeness (QED) is 0.910. The second-order valence-electron chi connectivity index (χ2n) is 7.33. The van der Waals surface area contributed by atoms with E-state index in [1.165, 1.54) is 23.1 Å². The first-order valence-electron chi connectivity index (χ1n) is 8.45. The predicted octanol–water partition coefficient (Wildman–Crippen LogP) is 3.29. The average molecular weight is 360 g/mol. The average Bonchev–Trinajstić information content (AvgIpc) is 3.00. The van der Waals surface area contributed by atoms with E-state index in [0.29, 0.717) is 17.9 Å². The number of aromatic nitrogens is 2. The fourth-order valence-electron chi connectivity index (χ4n) is 2.41. The van der Waals surface area contributed by atoms with Gasteiger partial charge in [0.05, 0.1) is 11.3 Å². The van der Waals surface area contributed by atoms with Crippen molar-refractivity contribution in [3.63, 3.8) is 0 Å².